The summed E-state index contributed by atoms with van der Waals surface area (Å²) in [6.45, 7) is 4.53. The number of aliphatic hydroxyl groups is 1. The van der Waals surface area contributed by atoms with Crippen molar-refractivity contribution in [3.63, 3.8) is 0 Å². The molecule has 3 unspecified atom stereocenters. The van der Waals surface area contributed by atoms with Crippen LogP contribution < -0.4 is 10.2 Å². The van der Waals surface area contributed by atoms with Crippen LogP contribution in [0, 0.1) is 0 Å². The van der Waals surface area contributed by atoms with Crippen LogP contribution in [0.25, 0.3) is 0 Å². The van der Waals surface area contributed by atoms with Crippen molar-refractivity contribution in [1.82, 2.24) is 5.32 Å². The molecule has 8 nitrogen and oxygen atoms in total. The molecule has 0 rings (SSSR count). The van der Waals surface area contributed by atoms with E-state index in [0.717, 1.165) is 89.9 Å². The monoisotopic (exact) mass is 1270 g/mol. The Balaban J connectivity index is 4.10. The van der Waals surface area contributed by atoms with Crippen molar-refractivity contribution in [2.45, 2.75) is 347 Å². The number of hydrogen-bond donors (Lipinski definition) is 2. The van der Waals surface area contributed by atoms with Crippen molar-refractivity contribution in [2.75, 3.05) is 40.9 Å². The third kappa shape index (κ3) is 72.3. The fourth-order valence-electron chi connectivity index (χ4n) is 10.8. The predicted octanol–water partition coefficient (Wildman–Crippen LogP) is 24.1. The van der Waals surface area contributed by atoms with Gasteiger partial charge in [-0.1, -0.05) is 347 Å². The summed E-state index contributed by atoms with van der Waals surface area (Å²) in [5.41, 5.74) is 0. The second kappa shape index (κ2) is 70.2. The molecule has 0 aliphatic carbocycles. The van der Waals surface area contributed by atoms with Gasteiger partial charge < -0.3 is 28.8 Å². The highest BCUT2D eigenvalue weighted by Gasteiger charge is 2.23. The number of amides is 1. The molecule has 3 atom stereocenters. The Hall–Kier alpha value is -3.10. The van der Waals surface area contributed by atoms with Crippen LogP contribution in [0.15, 0.2) is 122 Å². The second-order valence-electron chi connectivity index (χ2n) is 26.6. The fourth-order valence-corrected chi connectivity index (χ4v) is 11.5. The fraction of sp³-hybridized carbons (Fsp3) is 0.741. The van der Waals surface area contributed by atoms with E-state index < -0.39 is 26.6 Å². The Kier molecular flexibility index (Phi) is 67.8. The number of likely N-dealkylation sites (N-methyl/N-ethyl adjacent to an activating group) is 1. The molecule has 0 fully saturated rings. The zero-order valence-corrected chi connectivity index (χ0v) is 60.5. The van der Waals surface area contributed by atoms with Gasteiger partial charge in [-0.25, -0.2) is 0 Å². The van der Waals surface area contributed by atoms with Gasteiger partial charge in [0.2, 0.25) is 5.91 Å². The zero-order valence-electron chi connectivity index (χ0n) is 59.6. The molecule has 0 heterocycles. The molecule has 2 N–H and O–H groups in total. The molecule has 90 heavy (non-hydrogen) atoms. The van der Waals surface area contributed by atoms with E-state index >= 15 is 0 Å². The lowest BCUT2D eigenvalue weighted by Gasteiger charge is -2.29. The van der Waals surface area contributed by atoms with E-state index in [1.54, 1.807) is 6.08 Å². The molecule has 0 aromatic rings. The lowest BCUT2D eigenvalue weighted by atomic mass is 10.0. The average Bonchev–Trinajstić information content (AvgIpc) is 3.18. The summed E-state index contributed by atoms with van der Waals surface area (Å²) in [6, 6.07) is -0.919. The van der Waals surface area contributed by atoms with Gasteiger partial charge in [-0.2, -0.15) is 0 Å². The lowest BCUT2D eigenvalue weighted by Crippen LogP contribution is -2.45. The average molecular weight is 1270 g/mol. The third-order valence-corrected chi connectivity index (χ3v) is 17.6. The summed E-state index contributed by atoms with van der Waals surface area (Å²) in [5, 5.41) is 14.0. The van der Waals surface area contributed by atoms with Gasteiger partial charge in [-0.3, -0.25) is 9.36 Å². The molecule has 0 radical (unpaired) electrons. The van der Waals surface area contributed by atoms with E-state index in [0.29, 0.717) is 17.4 Å². The highest BCUT2D eigenvalue weighted by atomic mass is 31.2. The minimum atomic E-state index is -4.63. The van der Waals surface area contributed by atoms with Gasteiger partial charge in [0.15, 0.2) is 0 Å². The summed E-state index contributed by atoms with van der Waals surface area (Å²) >= 11 is 0. The minimum Gasteiger partial charge on any atom is -0.756 e. The van der Waals surface area contributed by atoms with Gasteiger partial charge in [0.1, 0.15) is 13.2 Å². The quantitative estimate of drug-likeness (QED) is 0.0272. The number of quaternary nitrogens is 1. The molecule has 0 bridgehead atoms. The first-order valence-electron chi connectivity index (χ1n) is 37.9. The zero-order chi connectivity index (χ0) is 65.5. The molecule has 0 spiro atoms. The second-order valence-corrected chi connectivity index (χ2v) is 28.0. The van der Waals surface area contributed by atoms with Gasteiger partial charge in [-0.15, -0.1) is 0 Å². The number of nitrogens with zero attached hydrogens (tertiary/aromatic N) is 1. The molecule has 520 valence electrons. The number of phosphoric acid groups is 1. The van der Waals surface area contributed by atoms with Crippen molar-refractivity contribution in [3.05, 3.63) is 122 Å². The molecule has 0 aromatic carbocycles. The molecular weight excluding hydrogens is 1130 g/mol. The Morgan fingerprint density at radius 1 is 0.400 bits per heavy atom. The lowest BCUT2D eigenvalue weighted by molar-refractivity contribution is -0.870. The van der Waals surface area contributed by atoms with Crippen molar-refractivity contribution in [3.8, 4) is 0 Å². The number of nitrogens with one attached hydrogen (secondary N) is 1. The molecule has 0 aromatic heterocycles. The number of carbonyl (C=O) groups excluding carboxylic acids is 1. The number of phosphoric ester groups is 1. The number of unbranched alkanes of at least 4 members (excludes halogenated alkanes) is 38. The summed E-state index contributed by atoms with van der Waals surface area (Å²) in [7, 11) is 1.23. The van der Waals surface area contributed by atoms with Crippen LogP contribution in [-0.4, -0.2) is 68.5 Å². The first-order chi connectivity index (χ1) is 44.0. The van der Waals surface area contributed by atoms with Gasteiger partial charge in [0.05, 0.1) is 39.9 Å². The SMILES string of the molecule is CC/C=C\C/C=C\C/C=C\C/C=C\C/C=C\C/C=C\C/C=C\CCCCCCCCCCCCCCCCCC(=O)NC(COP(=O)([O-])OCC[N+](C)(C)C)C(O)/C=C/CC/C=C/CC/C=C/CCCCCCCCCCCCCCCCCCCCCCC. The smallest absolute Gasteiger partial charge is 0.268 e. The summed E-state index contributed by atoms with van der Waals surface area (Å²) in [6.07, 6.45) is 105. The van der Waals surface area contributed by atoms with E-state index in [1.807, 2.05) is 27.2 Å². The topological polar surface area (TPSA) is 108 Å². The number of rotatable bonds is 69. The number of hydrogen-bond acceptors (Lipinski definition) is 6. The van der Waals surface area contributed by atoms with E-state index in [4.69, 9.17) is 9.05 Å². The number of carbonyl (C=O) groups is 1. The molecule has 1 amide bonds. The number of aliphatic hydroxyl groups excluding tert-OH is 1. The molecule has 0 saturated carbocycles. The molecule has 9 heteroatoms. The maximum absolute atomic E-state index is 13.1. The first-order valence-corrected chi connectivity index (χ1v) is 39.4. The Morgan fingerprint density at radius 2 is 0.689 bits per heavy atom. The maximum Gasteiger partial charge on any atom is 0.268 e. The van der Waals surface area contributed by atoms with Crippen LogP contribution in [0.2, 0.25) is 0 Å². The van der Waals surface area contributed by atoms with Crippen LogP contribution >= 0.6 is 7.82 Å². The van der Waals surface area contributed by atoms with Crippen LogP contribution in [0.5, 0.6) is 0 Å². The van der Waals surface area contributed by atoms with E-state index in [9.17, 15) is 19.4 Å². The largest absolute Gasteiger partial charge is 0.756 e. The van der Waals surface area contributed by atoms with E-state index in [2.05, 4.69) is 129 Å². The van der Waals surface area contributed by atoms with Gasteiger partial charge in [0, 0.05) is 6.42 Å². The van der Waals surface area contributed by atoms with Crippen LogP contribution in [0.4, 0.5) is 0 Å². The van der Waals surface area contributed by atoms with Gasteiger partial charge >= 0.3 is 0 Å². The Morgan fingerprint density at radius 3 is 1.03 bits per heavy atom. The highest BCUT2D eigenvalue weighted by molar-refractivity contribution is 7.45. The maximum atomic E-state index is 13.1. The highest BCUT2D eigenvalue weighted by Crippen LogP contribution is 2.38. The molecule has 0 saturated heterocycles. The van der Waals surface area contributed by atoms with E-state index in [1.165, 1.54) is 225 Å². The van der Waals surface area contributed by atoms with Crippen molar-refractivity contribution in [2.24, 2.45) is 0 Å². The molecule has 0 aliphatic heterocycles. The summed E-state index contributed by atoms with van der Waals surface area (Å²) in [4.78, 5) is 25.7. The first kappa shape index (κ1) is 86.9. The van der Waals surface area contributed by atoms with Gasteiger partial charge in [0.25, 0.3) is 7.82 Å². The van der Waals surface area contributed by atoms with Crippen molar-refractivity contribution in [1.29, 1.82) is 0 Å². The van der Waals surface area contributed by atoms with Crippen LogP contribution in [0.1, 0.15) is 335 Å². The standard InChI is InChI=1S/C81H145N2O6P/c1-6-8-10-12-14-16-18-20-22-24-26-28-30-32-34-36-38-39-40-41-42-43-45-47-49-51-53-55-57-59-61-63-65-67-69-71-73-75-81(85)82-79(78-89-90(86,87)88-77-76-83(3,4)5)80(84)74-72-70-68-66-64-62-60-58-56-54-52-50-48-46-44-37-35-33-31-29-27-25-23-21-19-17-15-13-11-9-7-2/h8,10,14,16,20,22,26,28,32,34,38-39,41-42,56,58,64,66,72,74,79-80,84H,6-7,9,11-13,15,17-19,21,23-25,27,29-31,33,35-37,40,43-55,57,59-63,65,67-71,73,75-78H2,1-5H3,(H-,82,85,86,87)/b10-8-,16-14-,22-20-,28-26-,34-32-,39-38-,42-41-,58-56+,66-64+,74-72+. The van der Waals surface area contributed by atoms with Gasteiger partial charge in [-0.05, 0) is 103 Å². The normalized spacial score (nSPS) is 14.3. The summed E-state index contributed by atoms with van der Waals surface area (Å²) < 4.78 is 23.5. The third-order valence-electron chi connectivity index (χ3n) is 16.6. The Labute approximate surface area is 558 Å². The number of allylic oxidation sites excluding steroid dienone is 19. The summed E-state index contributed by atoms with van der Waals surface area (Å²) in [5.74, 6) is -0.212. The van der Waals surface area contributed by atoms with E-state index in [-0.39, 0.29) is 12.5 Å². The molecule has 0 aliphatic rings. The van der Waals surface area contributed by atoms with Crippen molar-refractivity contribution < 1.29 is 32.9 Å². The minimum absolute atomic E-state index is 0.0130. The Bertz CT molecular complexity index is 1890. The predicted molar refractivity (Wildman–Crippen MR) is 394 cm³/mol. The van der Waals surface area contributed by atoms with Crippen LogP contribution in [0.3, 0.4) is 0 Å². The van der Waals surface area contributed by atoms with Crippen LogP contribution in [-0.2, 0) is 18.4 Å². The van der Waals surface area contributed by atoms with Crippen molar-refractivity contribution >= 4 is 13.7 Å². The molecular formula is C81H145N2O6P.